The Labute approximate surface area is 90.9 Å². The van der Waals surface area contributed by atoms with E-state index >= 15 is 0 Å². The summed E-state index contributed by atoms with van der Waals surface area (Å²) in [5.74, 6) is 0.136. The molecule has 1 aliphatic rings. The standard InChI is InChI=1S/C11H13FO2S/c12-9-3-1-5-11(7-9)15(13)8-10-4-2-6-14-10/h1,3,5,7,10H,2,4,6,8H2. The van der Waals surface area contributed by atoms with Crippen molar-refractivity contribution in [1.29, 1.82) is 0 Å². The second-order valence-corrected chi connectivity index (χ2v) is 5.10. The first-order valence-corrected chi connectivity index (χ1v) is 6.33. The Hall–Kier alpha value is -0.740. The van der Waals surface area contributed by atoms with E-state index in [1.807, 2.05) is 0 Å². The minimum atomic E-state index is -1.15. The molecule has 0 radical (unpaired) electrons. The predicted octanol–water partition coefficient (Wildman–Crippen LogP) is 2.11. The Morgan fingerprint density at radius 1 is 1.53 bits per heavy atom. The second kappa shape index (κ2) is 4.86. The van der Waals surface area contributed by atoms with Crippen LogP contribution in [0.2, 0.25) is 0 Å². The first-order valence-electron chi connectivity index (χ1n) is 5.01. The average Bonchev–Trinajstić information content (AvgIpc) is 2.70. The summed E-state index contributed by atoms with van der Waals surface area (Å²) in [6.45, 7) is 0.755. The van der Waals surface area contributed by atoms with E-state index in [9.17, 15) is 8.60 Å². The first kappa shape index (κ1) is 10.8. The minimum Gasteiger partial charge on any atom is -0.377 e. The van der Waals surface area contributed by atoms with Crippen LogP contribution >= 0.6 is 0 Å². The summed E-state index contributed by atoms with van der Waals surface area (Å²) in [6, 6.07) is 5.95. The summed E-state index contributed by atoms with van der Waals surface area (Å²) in [4.78, 5) is 0.547. The topological polar surface area (TPSA) is 26.3 Å². The molecule has 0 amide bonds. The van der Waals surface area contributed by atoms with Gasteiger partial charge in [-0.25, -0.2) is 4.39 Å². The Bertz CT molecular complexity index is 361. The fourth-order valence-corrected chi connectivity index (χ4v) is 2.92. The van der Waals surface area contributed by atoms with Crippen LogP contribution in [0.15, 0.2) is 29.2 Å². The largest absolute Gasteiger partial charge is 0.377 e. The average molecular weight is 228 g/mol. The number of ether oxygens (including phenoxy) is 1. The third kappa shape index (κ3) is 2.86. The SMILES string of the molecule is O=S(CC1CCCO1)c1cccc(F)c1. The van der Waals surface area contributed by atoms with Crippen molar-refractivity contribution in [3.63, 3.8) is 0 Å². The third-order valence-corrected chi connectivity index (χ3v) is 3.87. The lowest BCUT2D eigenvalue weighted by molar-refractivity contribution is 0.128. The second-order valence-electron chi connectivity index (χ2n) is 3.60. The molecule has 1 saturated heterocycles. The summed E-state index contributed by atoms with van der Waals surface area (Å²) in [5, 5.41) is 0. The van der Waals surface area contributed by atoms with Gasteiger partial charge in [0.1, 0.15) is 5.82 Å². The molecule has 2 rings (SSSR count). The van der Waals surface area contributed by atoms with Gasteiger partial charge in [-0.3, -0.25) is 4.21 Å². The fourth-order valence-electron chi connectivity index (χ4n) is 1.65. The van der Waals surface area contributed by atoms with Crippen LogP contribution in [0.3, 0.4) is 0 Å². The van der Waals surface area contributed by atoms with E-state index in [1.165, 1.54) is 12.1 Å². The van der Waals surface area contributed by atoms with Crippen molar-refractivity contribution in [2.75, 3.05) is 12.4 Å². The summed E-state index contributed by atoms with van der Waals surface area (Å²) >= 11 is 0. The first-order chi connectivity index (χ1) is 7.25. The summed E-state index contributed by atoms with van der Waals surface area (Å²) < 4.78 is 30.1. The minimum absolute atomic E-state index is 0.0779. The van der Waals surface area contributed by atoms with Crippen LogP contribution in [0.1, 0.15) is 12.8 Å². The van der Waals surface area contributed by atoms with Gasteiger partial charge in [0.2, 0.25) is 0 Å². The smallest absolute Gasteiger partial charge is 0.124 e. The number of rotatable bonds is 3. The molecule has 0 aliphatic carbocycles. The molecule has 15 heavy (non-hydrogen) atoms. The van der Waals surface area contributed by atoms with Gasteiger partial charge < -0.3 is 4.74 Å². The van der Waals surface area contributed by atoms with E-state index < -0.39 is 10.8 Å². The zero-order chi connectivity index (χ0) is 10.7. The molecule has 4 heteroatoms. The van der Waals surface area contributed by atoms with E-state index in [2.05, 4.69) is 0 Å². The molecule has 1 aliphatic heterocycles. The van der Waals surface area contributed by atoms with Crippen LogP contribution < -0.4 is 0 Å². The highest BCUT2D eigenvalue weighted by Crippen LogP contribution is 2.16. The maximum atomic E-state index is 12.9. The maximum Gasteiger partial charge on any atom is 0.124 e. The molecular formula is C11H13FO2S. The molecule has 2 nitrogen and oxygen atoms in total. The Morgan fingerprint density at radius 2 is 2.40 bits per heavy atom. The van der Waals surface area contributed by atoms with Crippen LogP contribution in [0, 0.1) is 5.82 Å². The van der Waals surface area contributed by atoms with Crippen molar-refractivity contribution in [1.82, 2.24) is 0 Å². The summed E-state index contributed by atoms with van der Waals surface area (Å²) in [7, 11) is -1.15. The van der Waals surface area contributed by atoms with Crippen LogP contribution in [0.5, 0.6) is 0 Å². The highest BCUT2D eigenvalue weighted by Gasteiger charge is 2.19. The van der Waals surface area contributed by atoms with Crippen molar-refractivity contribution in [3.05, 3.63) is 30.1 Å². The summed E-state index contributed by atoms with van der Waals surface area (Å²) in [6.07, 6.45) is 2.07. The number of benzene rings is 1. The van der Waals surface area contributed by atoms with Gasteiger partial charge in [0.05, 0.1) is 22.7 Å². The molecule has 0 spiro atoms. The van der Waals surface area contributed by atoms with Crippen molar-refractivity contribution < 1.29 is 13.3 Å². The van der Waals surface area contributed by atoms with Crippen LogP contribution in [-0.4, -0.2) is 22.7 Å². The molecule has 1 heterocycles. The molecule has 0 bridgehead atoms. The third-order valence-electron chi connectivity index (χ3n) is 2.42. The van der Waals surface area contributed by atoms with Crippen molar-refractivity contribution in [2.24, 2.45) is 0 Å². The van der Waals surface area contributed by atoms with Gasteiger partial charge in [-0.1, -0.05) is 6.07 Å². The van der Waals surface area contributed by atoms with Gasteiger partial charge in [-0.15, -0.1) is 0 Å². The highest BCUT2D eigenvalue weighted by atomic mass is 32.2. The highest BCUT2D eigenvalue weighted by molar-refractivity contribution is 7.85. The van der Waals surface area contributed by atoms with Crippen molar-refractivity contribution in [3.8, 4) is 0 Å². The number of hydrogen-bond acceptors (Lipinski definition) is 2. The molecule has 2 unspecified atom stereocenters. The van der Waals surface area contributed by atoms with E-state index in [-0.39, 0.29) is 11.9 Å². The van der Waals surface area contributed by atoms with E-state index in [0.29, 0.717) is 10.6 Å². The van der Waals surface area contributed by atoms with Gasteiger partial charge in [-0.05, 0) is 31.0 Å². The lowest BCUT2D eigenvalue weighted by Crippen LogP contribution is -2.15. The molecule has 0 aromatic heterocycles. The molecule has 1 aromatic rings. The van der Waals surface area contributed by atoms with Crippen LogP contribution in [0.25, 0.3) is 0 Å². The Kier molecular flexibility index (Phi) is 3.49. The van der Waals surface area contributed by atoms with E-state index in [4.69, 9.17) is 4.74 Å². The van der Waals surface area contributed by atoms with Gasteiger partial charge in [-0.2, -0.15) is 0 Å². The zero-order valence-corrected chi connectivity index (χ0v) is 9.13. The quantitative estimate of drug-likeness (QED) is 0.792. The molecule has 0 saturated carbocycles. The van der Waals surface area contributed by atoms with Gasteiger partial charge in [0.15, 0.2) is 0 Å². The molecule has 1 fully saturated rings. The van der Waals surface area contributed by atoms with E-state index in [1.54, 1.807) is 12.1 Å². The Morgan fingerprint density at radius 3 is 3.07 bits per heavy atom. The zero-order valence-electron chi connectivity index (χ0n) is 8.32. The fraction of sp³-hybridized carbons (Fsp3) is 0.455. The van der Waals surface area contributed by atoms with Gasteiger partial charge in [0.25, 0.3) is 0 Å². The predicted molar refractivity (Wildman–Crippen MR) is 56.6 cm³/mol. The Balaban J connectivity index is 2.01. The molecule has 82 valence electrons. The lowest BCUT2D eigenvalue weighted by atomic mass is 10.3. The molecule has 0 N–H and O–H groups in total. The van der Waals surface area contributed by atoms with E-state index in [0.717, 1.165) is 19.4 Å². The maximum absolute atomic E-state index is 12.9. The number of hydrogen-bond donors (Lipinski definition) is 0. The van der Waals surface area contributed by atoms with Crippen LogP contribution in [-0.2, 0) is 15.5 Å². The number of halogens is 1. The summed E-state index contributed by atoms with van der Waals surface area (Å²) in [5.41, 5.74) is 0. The normalized spacial score (nSPS) is 22.9. The van der Waals surface area contributed by atoms with Gasteiger partial charge in [0, 0.05) is 11.5 Å². The monoisotopic (exact) mass is 228 g/mol. The molecule has 2 atom stereocenters. The van der Waals surface area contributed by atoms with Crippen molar-refractivity contribution >= 4 is 10.8 Å². The van der Waals surface area contributed by atoms with Crippen LogP contribution in [0.4, 0.5) is 4.39 Å². The lowest BCUT2D eigenvalue weighted by Gasteiger charge is -2.08. The molecular weight excluding hydrogens is 215 g/mol. The van der Waals surface area contributed by atoms with Gasteiger partial charge >= 0.3 is 0 Å². The molecule has 1 aromatic carbocycles. The van der Waals surface area contributed by atoms with Crippen molar-refractivity contribution in [2.45, 2.75) is 23.8 Å².